The number of nitrogens with zero attached hydrogens (tertiary/aromatic N) is 2. The van der Waals surface area contributed by atoms with Crippen LogP contribution in [0.5, 0.6) is 0 Å². The maximum atomic E-state index is 10.6. The van der Waals surface area contributed by atoms with Gasteiger partial charge in [-0.3, -0.25) is 10.1 Å². The lowest BCUT2D eigenvalue weighted by molar-refractivity contribution is -0.384. The minimum absolute atomic E-state index is 0. The number of hydrogen-bond acceptors (Lipinski definition) is 3. The molecule has 1 aliphatic rings. The van der Waals surface area contributed by atoms with E-state index in [1.165, 1.54) is 25.0 Å². The first kappa shape index (κ1) is 18.0. The molecule has 1 aromatic carbocycles. The molecule has 1 aromatic rings. The lowest BCUT2D eigenvalue weighted by atomic mass is 10.2. The van der Waals surface area contributed by atoms with E-state index in [0.717, 1.165) is 12.8 Å². The van der Waals surface area contributed by atoms with E-state index in [9.17, 15) is 10.1 Å². The average molecular weight is 425 g/mol. The number of benzene rings is 1. The topological polar surface area (TPSA) is 93.5 Å². The summed E-state index contributed by atoms with van der Waals surface area (Å²) in [6.07, 6.45) is 4.68. The van der Waals surface area contributed by atoms with Crippen molar-refractivity contribution in [3.05, 3.63) is 38.9 Å². The van der Waals surface area contributed by atoms with Gasteiger partial charge in [0.25, 0.3) is 5.69 Å². The molecular formula is C13H18ClIN4O2. The lowest BCUT2D eigenvalue weighted by Crippen LogP contribution is -2.38. The molecule has 0 heterocycles. The van der Waals surface area contributed by atoms with Crippen molar-refractivity contribution in [3.63, 3.8) is 0 Å². The third-order valence-electron chi connectivity index (χ3n) is 3.37. The van der Waals surface area contributed by atoms with Gasteiger partial charge in [0.05, 0.1) is 16.5 Å². The number of nitro groups is 1. The summed E-state index contributed by atoms with van der Waals surface area (Å²) < 4.78 is 0. The number of non-ortho nitro benzene ring substituents is 1. The third-order valence-corrected chi connectivity index (χ3v) is 3.73. The molecule has 0 spiro atoms. The van der Waals surface area contributed by atoms with Crippen molar-refractivity contribution >= 4 is 47.2 Å². The Bertz CT molecular complexity index is 533. The van der Waals surface area contributed by atoms with Gasteiger partial charge in [-0.2, -0.15) is 0 Å². The summed E-state index contributed by atoms with van der Waals surface area (Å²) in [4.78, 5) is 14.4. The van der Waals surface area contributed by atoms with Crippen LogP contribution in [0, 0.1) is 10.1 Å². The Morgan fingerprint density at radius 2 is 2.14 bits per heavy atom. The summed E-state index contributed by atoms with van der Waals surface area (Å²) in [6.45, 7) is 0.308. The number of hydrogen-bond donors (Lipinski definition) is 2. The molecule has 0 saturated heterocycles. The van der Waals surface area contributed by atoms with Crippen molar-refractivity contribution in [1.29, 1.82) is 0 Å². The number of guanidine groups is 1. The van der Waals surface area contributed by atoms with E-state index in [-0.39, 0.29) is 29.7 Å². The van der Waals surface area contributed by atoms with Gasteiger partial charge in [0.15, 0.2) is 5.96 Å². The second-order valence-electron chi connectivity index (χ2n) is 4.86. The van der Waals surface area contributed by atoms with Gasteiger partial charge in [0.1, 0.15) is 0 Å². The van der Waals surface area contributed by atoms with E-state index in [1.54, 1.807) is 6.07 Å². The number of halogens is 2. The summed E-state index contributed by atoms with van der Waals surface area (Å²) >= 11 is 5.99. The van der Waals surface area contributed by atoms with Crippen molar-refractivity contribution in [3.8, 4) is 0 Å². The van der Waals surface area contributed by atoms with Crippen LogP contribution in [-0.4, -0.2) is 16.9 Å². The lowest BCUT2D eigenvalue weighted by Gasteiger charge is -2.12. The van der Waals surface area contributed by atoms with Crippen molar-refractivity contribution < 1.29 is 4.92 Å². The van der Waals surface area contributed by atoms with E-state index in [0.29, 0.717) is 29.1 Å². The summed E-state index contributed by atoms with van der Waals surface area (Å²) in [5.74, 6) is 0.395. The molecule has 0 radical (unpaired) electrons. The minimum atomic E-state index is -0.477. The SMILES string of the molecule is I.NC(=NCc1ccc([N+](=O)[O-])cc1Cl)NC1CCCC1. The Hall–Kier alpha value is -1.09. The molecule has 0 unspecified atom stereocenters. The van der Waals surface area contributed by atoms with Gasteiger partial charge < -0.3 is 11.1 Å². The molecule has 6 nitrogen and oxygen atoms in total. The van der Waals surface area contributed by atoms with E-state index < -0.39 is 4.92 Å². The van der Waals surface area contributed by atoms with Crippen LogP contribution in [0.25, 0.3) is 0 Å². The van der Waals surface area contributed by atoms with Crippen molar-refractivity contribution in [2.24, 2.45) is 10.7 Å². The Labute approximate surface area is 145 Å². The van der Waals surface area contributed by atoms with Crippen molar-refractivity contribution in [1.82, 2.24) is 5.32 Å². The van der Waals surface area contributed by atoms with Crippen LogP contribution in [0.15, 0.2) is 23.2 Å². The second-order valence-corrected chi connectivity index (χ2v) is 5.27. The van der Waals surface area contributed by atoms with Crippen LogP contribution in [0.1, 0.15) is 31.2 Å². The highest BCUT2D eigenvalue weighted by Crippen LogP contribution is 2.23. The highest BCUT2D eigenvalue weighted by molar-refractivity contribution is 14.0. The summed E-state index contributed by atoms with van der Waals surface area (Å²) in [5, 5.41) is 14.1. The zero-order valence-electron chi connectivity index (χ0n) is 11.4. The zero-order chi connectivity index (χ0) is 14.5. The Balaban J connectivity index is 0.00000220. The first-order valence-corrected chi connectivity index (χ1v) is 6.93. The van der Waals surface area contributed by atoms with Gasteiger partial charge in [-0.1, -0.05) is 24.4 Å². The summed E-state index contributed by atoms with van der Waals surface area (Å²) in [6, 6.07) is 4.75. The Kier molecular flexibility index (Phi) is 7.16. The number of nitro benzene ring substituents is 1. The predicted molar refractivity (Wildman–Crippen MR) is 94.2 cm³/mol. The molecule has 8 heteroatoms. The summed E-state index contributed by atoms with van der Waals surface area (Å²) in [5.41, 5.74) is 6.51. The number of nitrogens with two attached hydrogens (primary N) is 1. The highest BCUT2D eigenvalue weighted by Gasteiger charge is 2.15. The van der Waals surface area contributed by atoms with Crippen LogP contribution in [0.2, 0.25) is 5.02 Å². The molecular weight excluding hydrogens is 407 g/mol. The fourth-order valence-electron chi connectivity index (χ4n) is 2.27. The Morgan fingerprint density at radius 3 is 2.71 bits per heavy atom. The monoisotopic (exact) mass is 424 g/mol. The van der Waals surface area contributed by atoms with E-state index in [2.05, 4.69) is 10.3 Å². The van der Waals surface area contributed by atoms with Crippen molar-refractivity contribution in [2.75, 3.05) is 0 Å². The van der Waals surface area contributed by atoms with Gasteiger partial charge in [-0.25, -0.2) is 4.99 Å². The standard InChI is InChI=1S/C13H17ClN4O2.HI/c14-12-7-11(18(19)20)6-5-9(12)8-16-13(15)17-10-3-1-2-4-10;/h5-7,10H,1-4,8H2,(H3,15,16,17);1H. The Morgan fingerprint density at radius 1 is 1.48 bits per heavy atom. The van der Waals surface area contributed by atoms with Gasteiger partial charge >= 0.3 is 0 Å². The number of aliphatic imine (C=N–C) groups is 1. The molecule has 0 amide bonds. The van der Waals surface area contributed by atoms with Gasteiger partial charge in [0, 0.05) is 18.2 Å². The molecule has 2 rings (SSSR count). The molecule has 1 saturated carbocycles. The largest absolute Gasteiger partial charge is 0.370 e. The van der Waals surface area contributed by atoms with E-state index in [1.807, 2.05) is 0 Å². The molecule has 21 heavy (non-hydrogen) atoms. The molecule has 1 fully saturated rings. The third kappa shape index (κ3) is 5.31. The zero-order valence-corrected chi connectivity index (χ0v) is 14.5. The average Bonchev–Trinajstić information content (AvgIpc) is 2.90. The highest BCUT2D eigenvalue weighted by atomic mass is 127. The van der Waals surface area contributed by atoms with Crippen LogP contribution < -0.4 is 11.1 Å². The first-order valence-electron chi connectivity index (χ1n) is 6.55. The van der Waals surface area contributed by atoms with Crippen LogP contribution >= 0.6 is 35.6 Å². The molecule has 3 N–H and O–H groups in total. The number of rotatable bonds is 4. The van der Waals surface area contributed by atoms with Crippen LogP contribution in [0.3, 0.4) is 0 Å². The van der Waals surface area contributed by atoms with Gasteiger partial charge in [-0.05, 0) is 24.5 Å². The van der Waals surface area contributed by atoms with Crippen molar-refractivity contribution in [2.45, 2.75) is 38.3 Å². The normalized spacial score (nSPS) is 15.6. The van der Waals surface area contributed by atoms with E-state index in [4.69, 9.17) is 17.3 Å². The van der Waals surface area contributed by atoms with Crippen LogP contribution in [0.4, 0.5) is 5.69 Å². The van der Waals surface area contributed by atoms with Gasteiger partial charge in [0.2, 0.25) is 0 Å². The van der Waals surface area contributed by atoms with E-state index >= 15 is 0 Å². The molecule has 0 aliphatic heterocycles. The maximum absolute atomic E-state index is 10.6. The smallest absolute Gasteiger partial charge is 0.270 e. The van der Waals surface area contributed by atoms with Gasteiger partial charge in [-0.15, -0.1) is 24.0 Å². The van der Waals surface area contributed by atoms with Crippen LogP contribution in [-0.2, 0) is 6.54 Å². The molecule has 0 atom stereocenters. The number of nitrogens with one attached hydrogen (secondary N) is 1. The first-order chi connectivity index (χ1) is 9.56. The fourth-order valence-corrected chi connectivity index (χ4v) is 2.51. The maximum Gasteiger partial charge on any atom is 0.270 e. The minimum Gasteiger partial charge on any atom is -0.370 e. The molecule has 0 aromatic heterocycles. The fraction of sp³-hybridized carbons (Fsp3) is 0.462. The molecule has 1 aliphatic carbocycles. The predicted octanol–water partition coefficient (Wildman–Crippen LogP) is 3.21. The molecule has 0 bridgehead atoms. The molecule has 116 valence electrons. The summed E-state index contributed by atoms with van der Waals surface area (Å²) in [7, 11) is 0. The second kappa shape index (κ2) is 8.38. The quantitative estimate of drug-likeness (QED) is 0.255.